The normalized spacial score (nSPS) is 23.2. The standard InChI is InChI=1S/C18H26ClN3O3S/c1-2-22(17-6-11-26(24,25)14-17)18(23)13-20-7-9-21(10-8-20)16-5-3-4-15(19)12-16/h3-5,12,17H,2,6-11,13-14H2,1H3/t17-/m0/s1. The molecule has 0 spiro atoms. The lowest BCUT2D eigenvalue weighted by atomic mass is 10.2. The van der Waals surface area contributed by atoms with Crippen LogP contribution in [0.15, 0.2) is 24.3 Å². The zero-order valence-corrected chi connectivity index (χ0v) is 16.7. The number of halogens is 1. The molecule has 0 unspecified atom stereocenters. The van der Waals surface area contributed by atoms with Gasteiger partial charge in [-0.3, -0.25) is 9.69 Å². The van der Waals surface area contributed by atoms with Crippen LogP contribution in [0.5, 0.6) is 0 Å². The van der Waals surface area contributed by atoms with Gasteiger partial charge in [-0.25, -0.2) is 8.42 Å². The van der Waals surface area contributed by atoms with Crippen LogP contribution in [0, 0.1) is 0 Å². The van der Waals surface area contributed by atoms with Gasteiger partial charge in [0.25, 0.3) is 0 Å². The molecule has 2 fully saturated rings. The number of nitrogens with zero attached hydrogens (tertiary/aromatic N) is 3. The Bertz CT molecular complexity index is 748. The molecule has 8 heteroatoms. The third kappa shape index (κ3) is 4.69. The maximum atomic E-state index is 12.7. The van der Waals surface area contributed by atoms with Crippen molar-refractivity contribution >= 4 is 33.0 Å². The van der Waals surface area contributed by atoms with E-state index in [0.717, 1.165) is 36.9 Å². The highest BCUT2D eigenvalue weighted by Gasteiger charge is 2.34. The molecule has 0 N–H and O–H groups in total. The Balaban J connectivity index is 1.52. The Hall–Kier alpha value is -1.31. The van der Waals surface area contributed by atoms with Gasteiger partial charge in [0, 0.05) is 49.5 Å². The average Bonchev–Trinajstić information content (AvgIpc) is 2.96. The van der Waals surface area contributed by atoms with E-state index in [9.17, 15) is 13.2 Å². The van der Waals surface area contributed by atoms with Gasteiger partial charge in [0.05, 0.1) is 18.1 Å². The van der Waals surface area contributed by atoms with E-state index < -0.39 is 9.84 Å². The first-order chi connectivity index (χ1) is 12.4. The second kappa shape index (κ2) is 8.15. The van der Waals surface area contributed by atoms with Crippen molar-refractivity contribution in [1.29, 1.82) is 0 Å². The topological polar surface area (TPSA) is 60.9 Å². The summed E-state index contributed by atoms with van der Waals surface area (Å²) in [6.45, 7) is 6.13. The number of likely N-dealkylation sites (N-methyl/N-ethyl adjacent to an activating group) is 1. The predicted octanol–water partition coefficient (Wildman–Crippen LogP) is 1.50. The molecule has 1 aromatic carbocycles. The summed E-state index contributed by atoms with van der Waals surface area (Å²) in [6, 6.07) is 7.66. The van der Waals surface area contributed by atoms with Crippen LogP contribution in [0.1, 0.15) is 13.3 Å². The summed E-state index contributed by atoms with van der Waals surface area (Å²) < 4.78 is 23.4. The maximum absolute atomic E-state index is 12.7. The number of amides is 1. The third-order valence-corrected chi connectivity index (χ3v) is 7.20. The molecule has 1 amide bonds. The number of anilines is 1. The van der Waals surface area contributed by atoms with Crippen molar-refractivity contribution in [3.8, 4) is 0 Å². The van der Waals surface area contributed by atoms with Crippen molar-refractivity contribution in [2.45, 2.75) is 19.4 Å². The molecule has 0 saturated carbocycles. The molecule has 0 radical (unpaired) electrons. The zero-order chi connectivity index (χ0) is 18.7. The minimum atomic E-state index is -2.98. The molecule has 2 saturated heterocycles. The molecule has 1 aromatic rings. The van der Waals surface area contributed by atoms with E-state index in [-0.39, 0.29) is 23.5 Å². The van der Waals surface area contributed by atoms with E-state index >= 15 is 0 Å². The number of carbonyl (C=O) groups excluding carboxylic acids is 1. The molecule has 2 aliphatic heterocycles. The van der Waals surface area contributed by atoms with Gasteiger partial charge in [0.15, 0.2) is 9.84 Å². The highest BCUT2D eigenvalue weighted by Crippen LogP contribution is 2.21. The van der Waals surface area contributed by atoms with Gasteiger partial charge in [0.2, 0.25) is 5.91 Å². The molecule has 2 heterocycles. The second-order valence-electron chi connectivity index (χ2n) is 6.98. The van der Waals surface area contributed by atoms with Gasteiger partial charge in [-0.15, -0.1) is 0 Å². The molecule has 0 bridgehead atoms. The molecular weight excluding hydrogens is 374 g/mol. The minimum absolute atomic E-state index is 0.0332. The quantitative estimate of drug-likeness (QED) is 0.750. The first-order valence-corrected chi connectivity index (χ1v) is 11.3. The summed E-state index contributed by atoms with van der Waals surface area (Å²) in [5, 5.41) is 0.727. The summed E-state index contributed by atoms with van der Waals surface area (Å²) >= 11 is 6.06. The summed E-state index contributed by atoms with van der Waals surface area (Å²) in [4.78, 5) is 18.9. The largest absolute Gasteiger partial charge is 0.369 e. The number of carbonyl (C=O) groups is 1. The van der Waals surface area contributed by atoms with Crippen molar-refractivity contribution < 1.29 is 13.2 Å². The van der Waals surface area contributed by atoms with E-state index in [4.69, 9.17) is 11.6 Å². The van der Waals surface area contributed by atoms with Crippen LogP contribution in [-0.4, -0.2) is 80.9 Å². The molecule has 1 atom stereocenters. The van der Waals surface area contributed by atoms with Gasteiger partial charge in [0.1, 0.15) is 0 Å². The number of hydrogen-bond donors (Lipinski definition) is 0. The Morgan fingerprint density at radius 2 is 2.00 bits per heavy atom. The van der Waals surface area contributed by atoms with E-state index in [2.05, 4.69) is 9.80 Å². The highest BCUT2D eigenvalue weighted by atomic mass is 35.5. The van der Waals surface area contributed by atoms with Crippen LogP contribution in [0.3, 0.4) is 0 Å². The highest BCUT2D eigenvalue weighted by molar-refractivity contribution is 7.91. The fourth-order valence-electron chi connectivity index (χ4n) is 3.78. The number of hydrogen-bond acceptors (Lipinski definition) is 5. The first kappa shape index (κ1) is 19.5. The van der Waals surface area contributed by atoms with Gasteiger partial charge in [-0.1, -0.05) is 17.7 Å². The lowest BCUT2D eigenvalue weighted by molar-refractivity contribution is -0.134. The number of rotatable bonds is 5. The van der Waals surface area contributed by atoms with Crippen molar-refractivity contribution in [3.05, 3.63) is 29.3 Å². The summed E-state index contributed by atoms with van der Waals surface area (Å²) in [6.07, 6.45) is 0.560. The molecule has 26 heavy (non-hydrogen) atoms. The van der Waals surface area contributed by atoms with Crippen LogP contribution in [0.2, 0.25) is 5.02 Å². The van der Waals surface area contributed by atoms with Crippen LogP contribution in [0.25, 0.3) is 0 Å². The fraction of sp³-hybridized carbons (Fsp3) is 0.611. The molecule has 0 aromatic heterocycles. The third-order valence-electron chi connectivity index (χ3n) is 5.21. The van der Waals surface area contributed by atoms with E-state index in [0.29, 0.717) is 19.5 Å². The Morgan fingerprint density at radius 1 is 1.27 bits per heavy atom. The smallest absolute Gasteiger partial charge is 0.237 e. The van der Waals surface area contributed by atoms with Crippen LogP contribution in [-0.2, 0) is 14.6 Å². The monoisotopic (exact) mass is 399 g/mol. The number of sulfone groups is 1. The molecule has 6 nitrogen and oxygen atoms in total. The Morgan fingerprint density at radius 3 is 2.58 bits per heavy atom. The van der Waals surface area contributed by atoms with Crippen LogP contribution >= 0.6 is 11.6 Å². The second-order valence-corrected chi connectivity index (χ2v) is 9.64. The van der Waals surface area contributed by atoms with Gasteiger partial charge in [-0.2, -0.15) is 0 Å². The first-order valence-electron chi connectivity index (χ1n) is 9.11. The van der Waals surface area contributed by atoms with Crippen LogP contribution in [0.4, 0.5) is 5.69 Å². The number of piperazine rings is 1. The molecule has 144 valence electrons. The zero-order valence-electron chi connectivity index (χ0n) is 15.1. The average molecular weight is 400 g/mol. The van der Waals surface area contributed by atoms with Crippen molar-refractivity contribution in [2.24, 2.45) is 0 Å². The van der Waals surface area contributed by atoms with E-state index in [1.165, 1.54) is 0 Å². The van der Waals surface area contributed by atoms with Crippen molar-refractivity contribution in [2.75, 3.05) is 55.7 Å². The van der Waals surface area contributed by atoms with Crippen LogP contribution < -0.4 is 4.90 Å². The van der Waals surface area contributed by atoms with Gasteiger partial charge >= 0.3 is 0 Å². The summed E-state index contributed by atoms with van der Waals surface area (Å²) in [5.74, 6) is 0.334. The van der Waals surface area contributed by atoms with E-state index in [1.807, 2.05) is 31.2 Å². The lowest BCUT2D eigenvalue weighted by Gasteiger charge is -2.37. The fourth-order valence-corrected chi connectivity index (χ4v) is 5.69. The SMILES string of the molecule is CCN(C(=O)CN1CCN(c2cccc(Cl)c2)CC1)[C@H]1CCS(=O)(=O)C1. The van der Waals surface area contributed by atoms with E-state index in [1.54, 1.807) is 4.90 Å². The molecule has 0 aliphatic carbocycles. The Labute approximate surface area is 160 Å². The summed E-state index contributed by atoms with van der Waals surface area (Å²) in [5.41, 5.74) is 1.11. The Kier molecular flexibility index (Phi) is 6.10. The van der Waals surface area contributed by atoms with Gasteiger partial charge < -0.3 is 9.80 Å². The summed E-state index contributed by atoms with van der Waals surface area (Å²) in [7, 11) is -2.98. The minimum Gasteiger partial charge on any atom is -0.369 e. The van der Waals surface area contributed by atoms with Crippen molar-refractivity contribution in [1.82, 2.24) is 9.80 Å². The van der Waals surface area contributed by atoms with Gasteiger partial charge in [-0.05, 0) is 31.5 Å². The van der Waals surface area contributed by atoms with Crippen molar-refractivity contribution in [3.63, 3.8) is 0 Å². The lowest BCUT2D eigenvalue weighted by Crippen LogP contribution is -2.51. The molecule has 3 rings (SSSR count). The molecule has 2 aliphatic rings. The number of benzene rings is 1. The predicted molar refractivity (Wildman–Crippen MR) is 105 cm³/mol. The maximum Gasteiger partial charge on any atom is 0.237 e. The molecular formula is C18H26ClN3O3S.